The van der Waals surface area contributed by atoms with Crippen molar-refractivity contribution in [3.63, 3.8) is 0 Å². The summed E-state index contributed by atoms with van der Waals surface area (Å²) in [6, 6.07) is 1.61. The van der Waals surface area contributed by atoms with Crippen molar-refractivity contribution in [3.05, 3.63) is 41.9 Å². The number of aryl methyl sites for hydroxylation is 1. The third-order valence-corrected chi connectivity index (χ3v) is 3.24. The molecule has 1 amide bonds. The Bertz CT molecular complexity index is 896. The van der Waals surface area contributed by atoms with E-state index >= 15 is 0 Å². The Labute approximate surface area is 142 Å². The van der Waals surface area contributed by atoms with E-state index in [9.17, 15) is 4.79 Å². The number of nitrogens with one attached hydrogen (secondary N) is 1. The lowest BCUT2D eigenvalue weighted by Gasteiger charge is -2.09. The molecule has 0 atom stereocenters. The van der Waals surface area contributed by atoms with Gasteiger partial charge in [-0.1, -0.05) is 0 Å². The zero-order valence-electron chi connectivity index (χ0n) is 13.6. The van der Waals surface area contributed by atoms with Gasteiger partial charge in [0.25, 0.3) is 5.91 Å². The molecule has 0 aliphatic carbocycles. The number of anilines is 1. The molecular weight excluding hydrogens is 326 g/mol. The molecule has 0 bridgehead atoms. The van der Waals surface area contributed by atoms with Crippen LogP contribution in [0.15, 0.2) is 29.1 Å². The molecule has 0 aromatic carbocycles. The number of amides is 1. The number of nitrogen functional groups attached to an aromatic ring is 1. The van der Waals surface area contributed by atoms with Gasteiger partial charge in [-0.25, -0.2) is 19.9 Å². The highest BCUT2D eigenvalue weighted by Gasteiger charge is 2.18. The summed E-state index contributed by atoms with van der Waals surface area (Å²) in [5.74, 6) is 0.576. The molecular formula is C15H15N7O3. The smallest absolute Gasteiger partial charge is 0.274 e. The number of rotatable bonds is 5. The van der Waals surface area contributed by atoms with Gasteiger partial charge in [0, 0.05) is 12.3 Å². The fourth-order valence-electron chi connectivity index (χ4n) is 2.06. The number of aromatic nitrogens is 5. The number of ether oxygens (including phenoxy) is 1. The molecule has 25 heavy (non-hydrogen) atoms. The average molecular weight is 341 g/mol. The molecule has 3 heterocycles. The molecule has 0 aliphatic rings. The van der Waals surface area contributed by atoms with E-state index in [1.54, 1.807) is 13.0 Å². The van der Waals surface area contributed by atoms with Gasteiger partial charge in [-0.3, -0.25) is 4.79 Å². The fraction of sp³-hybridized carbons (Fsp3) is 0.200. The minimum absolute atomic E-state index is 0.00991. The van der Waals surface area contributed by atoms with E-state index in [0.717, 1.165) is 0 Å². The van der Waals surface area contributed by atoms with Crippen molar-refractivity contribution in [3.8, 4) is 17.5 Å². The molecule has 0 aliphatic heterocycles. The zero-order valence-corrected chi connectivity index (χ0v) is 13.6. The van der Waals surface area contributed by atoms with Crippen LogP contribution < -0.4 is 15.8 Å². The van der Waals surface area contributed by atoms with Crippen molar-refractivity contribution in [1.82, 2.24) is 30.2 Å². The fourth-order valence-corrected chi connectivity index (χ4v) is 2.06. The Hall–Kier alpha value is -3.56. The Morgan fingerprint density at radius 3 is 2.84 bits per heavy atom. The summed E-state index contributed by atoms with van der Waals surface area (Å²) < 4.78 is 10.2. The van der Waals surface area contributed by atoms with Crippen molar-refractivity contribution < 1.29 is 13.9 Å². The number of hydrogen-bond donors (Lipinski definition) is 2. The largest absolute Gasteiger partial charge is 0.481 e. The van der Waals surface area contributed by atoms with Crippen molar-refractivity contribution in [2.75, 3.05) is 12.8 Å². The summed E-state index contributed by atoms with van der Waals surface area (Å²) in [6.07, 6.45) is 4.44. The molecule has 0 unspecified atom stereocenters. The highest BCUT2D eigenvalue weighted by Crippen LogP contribution is 2.20. The maximum atomic E-state index is 12.3. The lowest BCUT2D eigenvalue weighted by molar-refractivity contribution is 0.0945. The summed E-state index contributed by atoms with van der Waals surface area (Å²) in [4.78, 5) is 32.9. The highest BCUT2D eigenvalue weighted by molar-refractivity contribution is 5.96. The van der Waals surface area contributed by atoms with E-state index in [0.29, 0.717) is 23.1 Å². The predicted octanol–water partition coefficient (Wildman–Crippen LogP) is 0.751. The number of nitrogens with two attached hydrogens (primary N) is 1. The molecule has 0 saturated carbocycles. The molecule has 10 nitrogen and oxygen atoms in total. The zero-order chi connectivity index (χ0) is 17.8. The van der Waals surface area contributed by atoms with Crippen molar-refractivity contribution in [1.29, 1.82) is 0 Å². The number of oxazole rings is 1. The molecule has 3 aromatic rings. The molecule has 3 rings (SSSR count). The molecule has 3 aromatic heterocycles. The van der Waals surface area contributed by atoms with Gasteiger partial charge in [0.15, 0.2) is 17.3 Å². The lowest BCUT2D eigenvalue weighted by Crippen LogP contribution is -2.26. The Morgan fingerprint density at radius 1 is 1.28 bits per heavy atom. The maximum absolute atomic E-state index is 12.3. The molecule has 0 saturated heterocycles. The van der Waals surface area contributed by atoms with Gasteiger partial charge in [-0.05, 0) is 6.92 Å². The van der Waals surface area contributed by atoms with Crippen LogP contribution >= 0.6 is 0 Å². The van der Waals surface area contributed by atoms with Gasteiger partial charge in [0.1, 0.15) is 12.0 Å². The van der Waals surface area contributed by atoms with E-state index < -0.39 is 5.91 Å². The standard InChI is InChI=1S/C15H15N7O3/c1-8-11(15-18-5-6-25-15)22-13(16)12(20-8)14(23)19-7-9-17-4-3-10(21-9)24-2/h3-6H,7H2,1-2H3,(H2,16,22)(H,19,23). The van der Waals surface area contributed by atoms with Crippen molar-refractivity contribution >= 4 is 11.7 Å². The minimum Gasteiger partial charge on any atom is -0.481 e. The van der Waals surface area contributed by atoms with E-state index in [1.807, 2.05) is 0 Å². The van der Waals surface area contributed by atoms with Crippen LogP contribution in [-0.2, 0) is 6.54 Å². The summed E-state index contributed by atoms with van der Waals surface area (Å²) in [5.41, 5.74) is 6.72. The minimum atomic E-state index is -0.488. The Balaban J connectivity index is 1.77. The normalized spacial score (nSPS) is 10.5. The Morgan fingerprint density at radius 2 is 2.12 bits per heavy atom. The van der Waals surface area contributed by atoms with Gasteiger partial charge in [0.05, 0.1) is 25.5 Å². The molecule has 10 heteroatoms. The summed E-state index contributed by atoms with van der Waals surface area (Å²) in [5, 5.41) is 2.65. The summed E-state index contributed by atoms with van der Waals surface area (Å²) in [7, 11) is 1.50. The summed E-state index contributed by atoms with van der Waals surface area (Å²) >= 11 is 0. The lowest BCUT2D eigenvalue weighted by atomic mass is 10.2. The van der Waals surface area contributed by atoms with Crippen LogP contribution in [-0.4, -0.2) is 37.9 Å². The van der Waals surface area contributed by atoms with Crippen LogP contribution in [0.25, 0.3) is 11.6 Å². The molecule has 0 radical (unpaired) electrons. The van der Waals surface area contributed by atoms with Crippen LogP contribution in [0.2, 0.25) is 0 Å². The molecule has 3 N–H and O–H groups in total. The third kappa shape index (κ3) is 3.52. The SMILES string of the molecule is COc1ccnc(CNC(=O)c2nc(C)c(-c3ncco3)nc2N)n1. The topological polar surface area (TPSA) is 142 Å². The van der Waals surface area contributed by atoms with E-state index in [2.05, 4.69) is 30.2 Å². The van der Waals surface area contributed by atoms with Crippen LogP contribution in [0.5, 0.6) is 5.88 Å². The average Bonchev–Trinajstić information content (AvgIpc) is 3.16. The monoisotopic (exact) mass is 341 g/mol. The van der Waals surface area contributed by atoms with Crippen LogP contribution in [0, 0.1) is 6.92 Å². The Kier molecular flexibility index (Phi) is 4.50. The van der Waals surface area contributed by atoms with E-state index in [1.165, 1.54) is 25.8 Å². The second-order valence-electron chi connectivity index (χ2n) is 4.93. The number of hydrogen-bond acceptors (Lipinski definition) is 9. The van der Waals surface area contributed by atoms with Gasteiger partial charge in [-0.2, -0.15) is 4.98 Å². The maximum Gasteiger partial charge on any atom is 0.274 e. The van der Waals surface area contributed by atoms with E-state index in [-0.39, 0.29) is 23.9 Å². The molecule has 0 fully saturated rings. The van der Waals surface area contributed by atoms with Gasteiger partial charge < -0.3 is 20.2 Å². The van der Waals surface area contributed by atoms with Crippen molar-refractivity contribution in [2.45, 2.75) is 13.5 Å². The number of carbonyl (C=O) groups excluding carboxylic acids is 1. The first-order valence-electron chi connectivity index (χ1n) is 7.26. The first-order valence-corrected chi connectivity index (χ1v) is 7.26. The van der Waals surface area contributed by atoms with E-state index in [4.69, 9.17) is 14.9 Å². The highest BCUT2D eigenvalue weighted by atomic mass is 16.5. The first kappa shape index (κ1) is 16.3. The molecule has 128 valence electrons. The first-order chi connectivity index (χ1) is 12.1. The van der Waals surface area contributed by atoms with Crippen LogP contribution in [0.3, 0.4) is 0 Å². The second-order valence-corrected chi connectivity index (χ2v) is 4.93. The second kappa shape index (κ2) is 6.91. The van der Waals surface area contributed by atoms with Crippen molar-refractivity contribution in [2.24, 2.45) is 0 Å². The van der Waals surface area contributed by atoms with Crippen LogP contribution in [0.4, 0.5) is 5.82 Å². The third-order valence-electron chi connectivity index (χ3n) is 3.24. The van der Waals surface area contributed by atoms with Gasteiger partial charge >= 0.3 is 0 Å². The molecule has 0 spiro atoms. The van der Waals surface area contributed by atoms with Crippen LogP contribution in [0.1, 0.15) is 22.0 Å². The van der Waals surface area contributed by atoms with Gasteiger partial charge in [-0.15, -0.1) is 0 Å². The quantitative estimate of drug-likeness (QED) is 0.687. The summed E-state index contributed by atoms with van der Waals surface area (Å²) in [6.45, 7) is 1.78. The number of carbonyl (C=O) groups is 1. The predicted molar refractivity (Wildman–Crippen MR) is 86.4 cm³/mol. The van der Waals surface area contributed by atoms with Gasteiger partial charge in [0.2, 0.25) is 11.8 Å². The number of nitrogens with zero attached hydrogens (tertiary/aromatic N) is 5. The number of methoxy groups -OCH3 is 1.